The van der Waals surface area contributed by atoms with Gasteiger partial charge in [0.25, 0.3) is 0 Å². The minimum atomic E-state index is 0.584. The first-order valence-electron chi connectivity index (χ1n) is 7.33. The third-order valence-electron chi connectivity index (χ3n) is 4.08. The highest BCUT2D eigenvalue weighted by molar-refractivity contribution is 7.09. The fourth-order valence-corrected chi connectivity index (χ4v) is 3.68. The van der Waals surface area contributed by atoms with E-state index in [0.717, 1.165) is 19.5 Å². The number of thiazole rings is 1. The summed E-state index contributed by atoms with van der Waals surface area (Å²) < 4.78 is 2.16. The summed E-state index contributed by atoms with van der Waals surface area (Å²) in [6.07, 6.45) is 7.56. The van der Waals surface area contributed by atoms with E-state index >= 15 is 0 Å². The number of imidazole rings is 1. The first-order chi connectivity index (χ1) is 9.72. The molecule has 0 spiro atoms. The van der Waals surface area contributed by atoms with Crippen molar-refractivity contribution in [2.75, 3.05) is 19.6 Å². The minimum Gasteiger partial charge on any atom is -0.338 e. The van der Waals surface area contributed by atoms with Crippen LogP contribution in [-0.4, -0.2) is 39.1 Å². The fourth-order valence-electron chi connectivity index (χ4n) is 3.04. The van der Waals surface area contributed by atoms with Gasteiger partial charge in [-0.3, -0.25) is 0 Å². The molecule has 0 aliphatic carbocycles. The van der Waals surface area contributed by atoms with Crippen LogP contribution >= 0.6 is 11.3 Å². The smallest absolute Gasteiger partial charge is 0.112 e. The summed E-state index contributed by atoms with van der Waals surface area (Å²) in [5, 5.41) is 3.36. The fraction of sp³-hybridized carbons (Fsp3) is 0.600. The van der Waals surface area contributed by atoms with Gasteiger partial charge in [0.05, 0.1) is 10.7 Å². The van der Waals surface area contributed by atoms with E-state index in [1.807, 2.05) is 12.4 Å². The lowest BCUT2D eigenvalue weighted by atomic mass is 9.97. The van der Waals surface area contributed by atoms with Gasteiger partial charge in [-0.1, -0.05) is 0 Å². The Morgan fingerprint density at radius 1 is 1.45 bits per heavy atom. The molecule has 2 aromatic rings. The Labute approximate surface area is 124 Å². The maximum atomic E-state index is 4.55. The standard InChI is InChI=1S/C15H22N4S/c1-12-17-14(11-20-12)5-8-19-7-3-4-13(10-19)15-16-6-9-18(15)2/h6,9,11,13H,3-5,7-8,10H2,1-2H3/t13-/m1/s1. The third kappa shape index (κ3) is 3.10. The number of likely N-dealkylation sites (tertiary alicyclic amines) is 1. The summed E-state index contributed by atoms with van der Waals surface area (Å²) in [5.74, 6) is 1.82. The summed E-state index contributed by atoms with van der Waals surface area (Å²) in [5.41, 5.74) is 1.24. The Morgan fingerprint density at radius 3 is 3.05 bits per heavy atom. The monoisotopic (exact) mass is 290 g/mol. The molecule has 0 bridgehead atoms. The Hall–Kier alpha value is -1.20. The predicted octanol–water partition coefficient (Wildman–Crippen LogP) is 2.61. The molecular formula is C15H22N4S. The van der Waals surface area contributed by atoms with E-state index in [1.165, 1.54) is 35.9 Å². The van der Waals surface area contributed by atoms with Gasteiger partial charge in [-0.25, -0.2) is 9.97 Å². The van der Waals surface area contributed by atoms with Gasteiger partial charge in [-0.2, -0.15) is 0 Å². The van der Waals surface area contributed by atoms with Crippen LogP contribution in [0, 0.1) is 6.92 Å². The molecule has 0 N–H and O–H groups in total. The lowest BCUT2D eigenvalue weighted by Gasteiger charge is -2.32. The highest BCUT2D eigenvalue weighted by Crippen LogP contribution is 2.25. The molecule has 1 aliphatic rings. The third-order valence-corrected chi connectivity index (χ3v) is 4.90. The van der Waals surface area contributed by atoms with Gasteiger partial charge >= 0.3 is 0 Å². The molecule has 3 rings (SSSR count). The van der Waals surface area contributed by atoms with Gasteiger partial charge in [0.15, 0.2) is 0 Å². The largest absolute Gasteiger partial charge is 0.338 e. The van der Waals surface area contributed by atoms with Crippen LogP contribution in [0.3, 0.4) is 0 Å². The normalized spacial score (nSPS) is 20.4. The van der Waals surface area contributed by atoms with Crippen LogP contribution in [0.15, 0.2) is 17.8 Å². The van der Waals surface area contributed by atoms with Crippen LogP contribution in [0.2, 0.25) is 0 Å². The van der Waals surface area contributed by atoms with Crippen molar-refractivity contribution in [3.63, 3.8) is 0 Å². The second-order valence-electron chi connectivity index (χ2n) is 5.64. The van der Waals surface area contributed by atoms with Crippen molar-refractivity contribution in [1.82, 2.24) is 19.4 Å². The summed E-state index contributed by atoms with van der Waals surface area (Å²) in [4.78, 5) is 11.6. The maximum Gasteiger partial charge on any atom is 0.112 e. The van der Waals surface area contributed by atoms with Crippen molar-refractivity contribution < 1.29 is 0 Å². The number of piperidine rings is 1. The van der Waals surface area contributed by atoms with Crippen molar-refractivity contribution in [3.8, 4) is 0 Å². The zero-order chi connectivity index (χ0) is 13.9. The molecule has 1 aliphatic heterocycles. The lowest BCUT2D eigenvalue weighted by molar-refractivity contribution is 0.204. The van der Waals surface area contributed by atoms with E-state index in [-0.39, 0.29) is 0 Å². The average molecular weight is 290 g/mol. The van der Waals surface area contributed by atoms with Crippen LogP contribution in [0.4, 0.5) is 0 Å². The van der Waals surface area contributed by atoms with Crippen molar-refractivity contribution in [2.45, 2.75) is 32.1 Å². The second kappa shape index (κ2) is 6.06. The van der Waals surface area contributed by atoms with E-state index in [9.17, 15) is 0 Å². The number of aromatic nitrogens is 3. The molecular weight excluding hydrogens is 268 g/mol. The molecule has 1 fully saturated rings. The quantitative estimate of drug-likeness (QED) is 0.868. The number of hydrogen-bond acceptors (Lipinski definition) is 4. The predicted molar refractivity (Wildman–Crippen MR) is 82.2 cm³/mol. The molecule has 5 heteroatoms. The van der Waals surface area contributed by atoms with Crippen LogP contribution in [0.25, 0.3) is 0 Å². The molecule has 0 radical (unpaired) electrons. The maximum absolute atomic E-state index is 4.55. The van der Waals surface area contributed by atoms with Crippen LogP contribution < -0.4 is 0 Å². The number of hydrogen-bond donors (Lipinski definition) is 0. The number of aryl methyl sites for hydroxylation is 2. The van der Waals surface area contributed by atoms with Gasteiger partial charge in [0, 0.05) is 50.2 Å². The topological polar surface area (TPSA) is 34.0 Å². The van der Waals surface area contributed by atoms with Crippen molar-refractivity contribution in [1.29, 1.82) is 0 Å². The van der Waals surface area contributed by atoms with Crippen LogP contribution in [0.1, 0.15) is 35.3 Å². The summed E-state index contributed by atoms with van der Waals surface area (Å²) in [7, 11) is 2.10. The molecule has 1 atom stereocenters. The van der Waals surface area contributed by atoms with Gasteiger partial charge < -0.3 is 9.47 Å². The van der Waals surface area contributed by atoms with Crippen LogP contribution in [-0.2, 0) is 13.5 Å². The van der Waals surface area contributed by atoms with Gasteiger partial charge in [-0.15, -0.1) is 11.3 Å². The van der Waals surface area contributed by atoms with E-state index in [0.29, 0.717) is 5.92 Å². The molecule has 108 valence electrons. The van der Waals surface area contributed by atoms with E-state index < -0.39 is 0 Å². The first kappa shape index (κ1) is 13.8. The number of rotatable bonds is 4. The van der Waals surface area contributed by atoms with Crippen molar-refractivity contribution >= 4 is 11.3 Å². The molecule has 2 aromatic heterocycles. The Bertz CT molecular complexity index is 560. The molecule has 0 amide bonds. The number of nitrogens with zero attached hydrogens (tertiary/aromatic N) is 4. The van der Waals surface area contributed by atoms with Gasteiger partial charge in [0.2, 0.25) is 0 Å². The Kier molecular flexibility index (Phi) is 4.17. The first-order valence-corrected chi connectivity index (χ1v) is 8.21. The van der Waals surface area contributed by atoms with E-state index in [1.54, 1.807) is 11.3 Å². The zero-order valence-electron chi connectivity index (χ0n) is 12.2. The molecule has 20 heavy (non-hydrogen) atoms. The summed E-state index contributed by atoms with van der Waals surface area (Å²) >= 11 is 1.75. The van der Waals surface area contributed by atoms with Crippen molar-refractivity contribution in [3.05, 3.63) is 34.3 Å². The molecule has 1 saturated heterocycles. The minimum absolute atomic E-state index is 0.584. The molecule has 0 unspecified atom stereocenters. The zero-order valence-corrected chi connectivity index (χ0v) is 13.1. The summed E-state index contributed by atoms with van der Waals surface area (Å²) in [6, 6.07) is 0. The molecule has 0 aromatic carbocycles. The lowest BCUT2D eigenvalue weighted by Crippen LogP contribution is -2.36. The Balaban J connectivity index is 1.57. The van der Waals surface area contributed by atoms with Gasteiger partial charge in [0.1, 0.15) is 5.82 Å². The SMILES string of the molecule is Cc1nc(CCN2CCC[C@@H](c3nccn3C)C2)cs1. The highest BCUT2D eigenvalue weighted by atomic mass is 32.1. The van der Waals surface area contributed by atoms with E-state index in [4.69, 9.17) is 0 Å². The van der Waals surface area contributed by atoms with Crippen LogP contribution in [0.5, 0.6) is 0 Å². The molecule has 3 heterocycles. The highest BCUT2D eigenvalue weighted by Gasteiger charge is 2.23. The second-order valence-corrected chi connectivity index (χ2v) is 6.71. The van der Waals surface area contributed by atoms with Gasteiger partial charge in [-0.05, 0) is 26.3 Å². The van der Waals surface area contributed by atoms with Crippen molar-refractivity contribution in [2.24, 2.45) is 7.05 Å². The molecule has 4 nitrogen and oxygen atoms in total. The average Bonchev–Trinajstić information content (AvgIpc) is 3.05. The summed E-state index contributed by atoms with van der Waals surface area (Å²) in [6.45, 7) is 5.54. The van der Waals surface area contributed by atoms with E-state index in [2.05, 4.69) is 38.8 Å². The Morgan fingerprint density at radius 2 is 2.35 bits per heavy atom. The molecule has 0 saturated carbocycles.